The molecule has 2 aromatic carbocycles. The molecule has 0 aromatic heterocycles. The molecular weight excluding hydrogens is 364 g/mol. The number of amides is 2. The lowest BCUT2D eigenvalue weighted by molar-refractivity contribution is -0.121. The molecule has 1 aliphatic rings. The number of nitrogens with zero attached hydrogens (tertiary/aromatic N) is 1. The second-order valence-electron chi connectivity index (χ2n) is 6.54. The fourth-order valence-electron chi connectivity index (χ4n) is 3.20. The molecule has 2 aromatic rings. The molecule has 1 fully saturated rings. The zero-order valence-corrected chi connectivity index (χ0v) is 16.0. The molecule has 27 heavy (non-hydrogen) atoms. The number of hydrogen-bond acceptors (Lipinski definition) is 3. The van der Waals surface area contributed by atoms with Crippen LogP contribution in [-0.2, 0) is 4.79 Å². The number of benzene rings is 2. The smallest absolute Gasteiger partial charge is 0.253 e. The predicted octanol–water partition coefficient (Wildman–Crippen LogP) is 4.23. The monoisotopic (exact) mass is 386 g/mol. The maximum absolute atomic E-state index is 12.7. The van der Waals surface area contributed by atoms with Crippen molar-refractivity contribution in [3.63, 3.8) is 0 Å². The van der Waals surface area contributed by atoms with E-state index < -0.39 is 0 Å². The van der Waals surface area contributed by atoms with E-state index in [4.69, 9.17) is 16.3 Å². The molecule has 1 atom stereocenters. The van der Waals surface area contributed by atoms with Crippen LogP contribution in [0.2, 0.25) is 5.02 Å². The Hall–Kier alpha value is -2.53. The molecule has 1 heterocycles. The highest BCUT2D eigenvalue weighted by molar-refractivity contribution is 6.30. The second-order valence-corrected chi connectivity index (χ2v) is 6.98. The highest BCUT2D eigenvalue weighted by atomic mass is 35.5. The molecule has 2 amide bonds. The number of anilines is 1. The molecular formula is C21H23ClN2O3. The van der Waals surface area contributed by atoms with Crippen molar-refractivity contribution in [3.8, 4) is 5.75 Å². The third-order valence-corrected chi connectivity index (χ3v) is 4.86. The van der Waals surface area contributed by atoms with E-state index in [0.717, 1.165) is 24.3 Å². The lowest BCUT2D eigenvalue weighted by Gasteiger charge is -2.32. The first kappa shape index (κ1) is 19.2. The number of halogens is 1. The van der Waals surface area contributed by atoms with Crippen molar-refractivity contribution in [1.82, 2.24) is 4.90 Å². The van der Waals surface area contributed by atoms with Gasteiger partial charge in [0, 0.05) is 29.4 Å². The Morgan fingerprint density at radius 2 is 1.85 bits per heavy atom. The zero-order chi connectivity index (χ0) is 19.2. The molecule has 142 valence electrons. The number of carbonyl (C=O) groups excluding carboxylic acids is 2. The first-order chi connectivity index (χ1) is 13.1. The summed E-state index contributed by atoms with van der Waals surface area (Å²) in [6, 6.07) is 14.1. The lowest BCUT2D eigenvalue weighted by Crippen LogP contribution is -2.43. The molecule has 0 saturated carbocycles. The Labute approximate surface area is 164 Å². The minimum absolute atomic E-state index is 0.0623. The Morgan fingerprint density at radius 3 is 2.52 bits per heavy atom. The molecule has 0 unspecified atom stereocenters. The molecule has 0 spiro atoms. The van der Waals surface area contributed by atoms with Crippen LogP contribution in [0.1, 0.15) is 30.1 Å². The van der Waals surface area contributed by atoms with Gasteiger partial charge in [-0.2, -0.15) is 0 Å². The maximum Gasteiger partial charge on any atom is 0.253 e. The van der Waals surface area contributed by atoms with E-state index in [9.17, 15) is 9.59 Å². The van der Waals surface area contributed by atoms with Crippen molar-refractivity contribution in [1.29, 1.82) is 0 Å². The van der Waals surface area contributed by atoms with Crippen LogP contribution in [-0.4, -0.2) is 36.4 Å². The van der Waals surface area contributed by atoms with Crippen molar-refractivity contribution in [2.45, 2.75) is 19.8 Å². The fraction of sp³-hybridized carbons (Fsp3) is 0.333. The van der Waals surface area contributed by atoms with E-state index in [1.54, 1.807) is 29.2 Å². The molecule has 1 aliphatic heterocycles. The number of likely N-dealkylation sites (tertiary alicyclic amines) is 1. The third-order valence-electron chi connectivity index (χ3n) is 4.60. The van der Waals surface area contributed by atoms with Gasteiger partial charge in [-0.05, 0) is 68.3 Å². The summed E-state index contributed by atoms with van der Waals surface area (Å²) >= 11 is 5.89. The van der Waals surface area contributed by atoms with Gasteiger partial charge in [-0.25, -0.2) is 0 Å². The van der Waals surface area contributed by atoms with Gasteiger partial charge in [0.15, 0.2) is 0 Å². The van der Waals surface area contributed by atoms with Gasteiger partial charge in [-0.1, -0.05) is 11.6 Å². The number of piperidine rings is 1. The molecule has 1 N–H and O–H groups in total. The van der Waals surface area contributed by atoms with Gasteiger partial charge in [-0.15, -0.1) is 0 Å². The van der Waals surface area contributed by atoms with Crippen LogP contribution in [0.5, 0.6) is 5.75 Å². The first-order valence-electron chi connectivity index (χ1n) is 9.15. The molecule has 0 aliphatic carbocycles. The zero-order valence-electron chi connectivity index (χ0n) is 15.3. The van der Waals surface area contributed by atoms with Crippen molar-refractivity contribution in [2.24, 2.45) is 5.92 Å². The summed E-state index contributed by atoms with van der Waals surface area (Å²) in [6.45, 7) is 3.61. The van der Waals surface area contributed by atoms with E-state index >= 15 is 0 Å². The van der Waals surface area contributed by atoms with E-state index in [1.165, 1.54) is 0 Å². The summed E-state index contributed by atoms with van der Waals surface area (Å²) in [6.07, 6.45) is 1.58. The van der Waals surface area contributed by atoms with E-state index in [-0.39, 0.29) is 17.7 Å². The van der Waals surface area contributed by atoms with Crippen LogP contribution in [0, 0.1) is 5.92 Å². The number of rotatable bonds is 5. The Bertz CT molecular complexity index is 790. The number of carbonyl (C=O) groups is 2. The van der Waals surface area contributed by atoms with Gasteiger partial charge in [0.05, 0.1) is 12.5 Å². The summed E-state index contributed by atoms with van der Waals surface area (Å²) in [4.78, 5) is 27.0. The molecule has 1 saturated heterocycles. The number of ether oxygens (including phenoxy) is 1. The van der Waals surface area contributed by atoms with Crippen LogP contribution in [0.25, 0.3) is 0 Å². The largest absolute Gasteiger partial charge is 0.494 e. The summed E-state index contributed by atoms with van der Waals surface area (Å²) in [5.41, 5.74) is 1.32. The van der Waals surface area contributed by atoms with E-state index in [0.29, 0.717) is 30.3 Å². The average Bonchev–Trinajstić information content (AvgIpc) is 2.70. The van der Waals surface area contributed by atoms with Crippen LogP contribution < -0.4 is 10.1 Å². The minimum Gasteiger partial charge on any atom is -0.494 e. The normalized spacial score (nSPS) is 16.7. The highest BCUT2D eigenvalue weighted by Gasteiger charge is 2.29. The molecule has 5 nitrogen and oxygen atoms in total. The van der Waals surface area contributed by atoms with Crippen LogP contribution in [0.3, 0.4) is 0 Å². The summed E-state index contributed by atoms with van der Waals surface area (Å²) in [7, 11) is 0. The minimum atomic E-state index is -0.221. The number of nitrogens with one attached hydrogen (secondary N) is 1. The fourth-order valence-corrected chi connectivity index (χ4v) is 3.32. The van der Waals surface area contributed by atoms with E-state index in [2.05, 4.69) is 5.32 Å². The van der Waals surface area contributed by atoms with E-state index in [1.807, 2.05) is 31.2 Å². The van der Waals surface area contributed by atoms with Gasteiger partial charge in [0.25, 0.3) is 5.91 Å². The molecule has 0 bridgehead atoms. The Kier molecular flexibility index (Phi) is 6.35. The molecule has 3 rings (SSSR count). The quantitative estimate of drug-likeness (QED) is 0.836. The van der Waals surface area contributed by atoms with Gasteiger partial charge in [-0.3, -0.25) is 9.59 Å². The summed E-state index contributed by atoms with van der Waals surface area (Å²) in [5, 5.41) is 3.53. The maximum atomic E-state index is 12.7. The summed E-state index contributed by atoms with van der Waals surface area (Å²) in [5.74, 6) is 0.424. The first-order valence-corrected chi connectivity index (χ1v) is 9.53. The van der Waals surface area contributed by atoms with Crippen molar-refractivity contribution in [2.75, 3.05) is 25.0 Å². The third kappa shape index (κ3) is 5.01. The van der Waals surface area contributed by atoms with Crippen molar-refractivity contribution < 1.29 is 14.3 Å². The summed E-state index contributed by atoms with van der Waals surface area (Å²) < 4.78 is 5.41. The SMILES string of the molecule is CCOc1ccc(NC(=O)[C@@H]2CCCN(C(=O)c3ccc(Cl)cc3)C2)cc1. The molecule has 0 radical (unpaired) electrons. The van der Waals surface area contributed by atoms with Gasteiger partial charge in [0.2, 0.25) is 5.91 Å². The standard InChI is InChI=1S/C21H23ClN2O3/c1-2-27-19-11-9-18(10-12-19)23-20(25)16-4-3-13-24(14-16)21(26)15-5-7-17(22)8-6-15/h5-12,16H,2-4,13-14H2,1H3,(H,23,25)/t16-/m1/s1. The van der Waals surface area contributed by atoms with Crippen LogP contribution in [0.15, 0.2) is 48.5 Å². The van der Waals surface area contributed by atoms with Crippen LogP contribution >= 0.6 is 11.6 Å². The Balaban J connectivity index is 1.60. The number of hydrogen-bond donors (Lipinski definition) is 1. The predicted molar refractivity (Wildman–Crippen MR) is 106 cm³/mol. The van der Waals surface area contributed by atoms with Gasteiger partial charge in [0.1, 0.15) is 5.75 Å². The topological polar surface area (TPSA) is 58.6 Å². The second kappa shape index (κ2) is 8.91. The average molecular weight is 387 g/mol. The highest BCUT2D eigenvalue weighted by Crippen LogP contribution is 2.22. The van der Waals surface area contributed by atoms with Crippen molar-refractivity contribution >= 4 is 29.1 Å². The van der Waals surface area contributed by atoms with Crippen LogP contribution in [0.4, 0.5) is 5.69 Å². The van der Waals surface area contributed by atoms with Gasteiger partial charge >= 0.3 is 0 Å². The molecule has 6 heteroatoms. The van der Waals surface area contributed by atoms with Crippen molar-refractivity contribution in [3.05, 3.63) is 59.1 Å². The van der Waals surface area contributed by atoms with Gasteiger partial charge < -0.3 is 15.0 Å². The lowest BCUT2D eigenvalue weighted by atomic mass is 9.96. The Morgan fingerprint density at radius 1 is 1.15 bits per heavy atom.